The number of aliphatic hydroxyl groups is 1. The Hall–Kier alpha value is -1.28. The largest absolute Gasteiger partial charge is 0.493 e. The Morgan fingerprint density at radius 1 is 1.38 bits per heavy atom. The first-order chi connectivity index (χ1) is 6.38. The summed E-state index contributed by atoms with van der Waals surface area (Å²) in [6.07, 6.45) is 3.54. The van der Waals surface area contributed by atoms with E-state index < -0.39 is 0 Å². The topological polar surface area (TPSA) is 29.5 Å². The number of para-hydroxylation sites is 1. The third-order valence-corrected chi connectivity index (χ3v) is 1.62. The van der Waals surface area contributed by atoms with Gasteiger partial charge in [0, 0.05) is 5.56 Å². The summed E-state index contributed by atoms with van der Waals surface area (Å²) in [5.74, 6) is 0.856. The van der Waals surface area contributed by atoms with Gasteiger partial charge in [0.1, 0.15) is 5.75 Å². The number of benzene rings is 1. The van der Waals surface area contributed by atoms with Crippen molar-refractivity contribution in [2.45, 2.75) is 6.92 Å². The molecular weight excluding hydrogens is 164 g/mol. The van der Waals surface area contributed by atoms with Gasteiger partial charge in [-0.05, 0) is 13.0 Å². The third-order valence-electron chi connectivity index (χ3n) is 1.62. The highest BCUT2D eigenvalue weighted by atomic mass is 16.5. The molecule has 0 radical (unpaired) electrons. The number of hydrogen-bond acceptors (Lipinski definition) is 2. The second-order valence-electron chi connectivity index (χ2n) is 2.56. The molecule has 0 aromatic heterocycles. The van der Waals surface area contributed by atoms with Crippen LogP contribution in [0.25, 0.3) is 6.08 Å². The van der Waals surface area contributed by atoms with Crippen LogP contribution in [0.4, 0.5) is 0 Å². The molecule has 0 aliphatic heterocycles. The molecule has 0 amide bonds. The van der Waals surface area contributed by atoms with Crippen LogP contribution >= 0.6 is 0 Å². The average Bonchev–Trinajstić information content (AvgIpc) is 2.17. The molecule has 0 fully saturated rings. The fraction of sp³-hybridized carbons (Fsp3) is 0.273. The Bertz CT molecular complexity index is 279. The van der Waals surface area contributed by atoms with Gasteiger partial charge in [0.2, 0.25) is 0 Å². The van der Waals surface area contributed by atoms with Crippen LogP contribution in [0.2, 0.25) is 0 Å². The first-order valence-electron chi connectivity index (χ1n) is 4.37. The molecule has 0 aliphatic carbocycles. The predicted octanol–water partition coefficient (Wildman–Crippen LogP) is 2.09. The van der Waals surface area contributed by atoms with E-state index in [9.17, 15) is 0 Å². The van der Waals surface area contributed by atoms with E-state index in [-0.39, 0.29) is 6.61 Å². The molecule has 0 heterocycles. The zero-order valence-electron chi connectivity index (χ0n) is 7.73. The van der Waals surface area contributed by atoms with E-state index in [1.807, 2.05) is 37.3 Å². The lowest BCUT2D eigenvalue weighted by molar-refractivity contribution is 0.339. The second kappa shape index (κ2) is 5.38. The zero-order valence-corrected chi connectivity index (χ0v) is 7.73. The summed E-state index contributed by atoms with van der Waals surface area (Å²) < 4.78 is 5.40. The SMILES string of the molecule is CCOc1ccccc1/C=C/CO. The average molecular weight is 178 g/mol. The molecule has 1 N–H and O–H groups in total. The normalized spacial score (nSPS) is 10.6. The Kier molecular flexibility index (Phi) is 4.06. The van der Waals surface area contributed by atoms with E-state index in [1.54, 1.807) is 6.08 Å². The standard InChI is InChI=1S/C11H14O2/c1-2-13-11-8-4-3-6-10(11)7-5-9-12/h3-8,12H,2,9H2,1H3/b7-5+. The van der Waals surface area contributed by atoms with E-state index in [0.717, 1.165) is 11.3 Å². The minimum absolute atomic E-state index is 0.0560. The van der Waals surface area contributed by atoms with Gasteiger partial charge >= 0.3 is 0 Å². The van der Waals surface area contributed by atoms with Crippen LogP contribution in [0.3, 0.4) is 0 Å². The highest BCUT2D eigenvalue weighted by Crippen LogP contribution is 2.18. The lowest BCUT2D eigenvalue weighted by atomic mass is 10.2. The van der Waals surface area contributed by atoms with Gasteiger partial charge in [-0.3, -0.25) is 0 Å². The highest BCUT2D eigenvalue weighted by Gasteiger charge is 1.96. The van der Waals surface area contributed by atoms with E-state index in [0.29, 0.717) is 6.61 Å². The molecule has 13 heavy (non-hydrogen) atoms. The van der Waals surface area contributed by atoms with Crippen molar-refractivity contribution >= 4 is 6.08 Å². The van der Waals surface area contributed by atoms with Crippen LogP contribution < -0.4 is 4.74 Å². The fourth-order valence-corrected chi connectivity index (χ4v) is 1.08. The fourth-order valence-electron chi connectivity index (χ4n) is 1.08. The summed E-state index contributed by atoms with van der Waals surface area (Å²) in [4.78, 5) is 0. The van der Waals surface area contributed by atoms with Crippen LogP contribution in [0.1, 0.15) is 12.5 Å². The van der Waals surface area contributed by atoms with E-state index in [4.69, 9.17) is 9.84 Å². The van der Waals surface area contributed by atoms with Crippen molar-refractivity contribution < 1.29 is 9.84 Å². The van der Waals surface area contributed by atoms with Crippen molar-refractivity contribution in [3.63, 3.8) is 0 Å². The minimum Gasteiger partial charge on any atom is -0.493 e. The van der Waals surface area contributed by atoms with Crippen LogP contribution in [-0.4, -0.2) is 18.3 Å². The molecule has 2 nitrogen and oxygen atoms in total. The molecule has 0 atom stereocenters. The number of aliphatic hydroxyl groups excluding tert-OH is 1. The van der Waals surface area contributed by atoms with E-state index in [2.05, 4.69) is 0 Å². The monoisotopic (exact) mass is 178 g/mol. The van der Waals surface area contributed by atoms with Gasteiger partial charge < -0.3 is 9.84 Å². The van der Waals surface area contributed by atoms with Gasteiger partial charge in [0.05, 0.1) is 13.2 Å². The predicted molar refractivity (Wildman–Crippen MR) is 53.7 cm³/mol. The summed E-state index contributed by atoms with van der Waals surface area (Å²) in [5, 5.41) is 8.62. The summed E-state index contributed by atoms with van der Waals surface area (Å²) in [6.45, 7) is 2.66. The smallest absolute Gasteiger partial charge is 0.126 e. The molecule has 0 unspecified atom stereocenters. The van der Waals surface area contributed by atoms with Gasteiger partial charge in [0.15, 0.2) is 0 Å². The van der Waals surface area contributed by atoms with Gasteiger partial charge in [-0.2, -0.15) is 0 Å². The molecule has 1 aromatic rings. The van der Waals surface area contributed by atoms with Gasteiger partial charge in [-0.15, -0.1) is 0 Å². The molecule has 0 spiro atoms. The summed E-state index contributed by atoms with van der Waals surface area (Å²) >= 11 is 0. The molecule has 0 saturated carbocycles. The molecule has 0 bridgehead atoms. The Morgan fingerprint density at radius 3 is 2.85 bits per heavy atom. The molecule has 0 saturated heterocycles. The zero-order chi connectivity index (χ0) is 9.52. The summed E-state index contributed by atoms with van der Waals surface area (Å²) in [6, 6.07) is 7.75. The lowest BCUT2D eigenvalue weighted by Gasteiger charge is -2.05. The number of hydrogen-bond donors (Lipinski definition) is 1. The summed E-state index contributed by atoms with van der Waals surface area (Å²) in [7, 11) is 0. The number of ether oxygens (including phenoxy) is 1. The number of rotatable bonds is 4. The van der Waals surface area contributed by atoms with Crippen molar-refractivity contribution in [3.05, 3.63) is 35.9 Å². The van der Waals surface area contributed by atoms with Crippen molar-refractivity contribution in [2.75, 3.05) is 13.2 Å². The Labute approximate surface area is 78.5 Å². The van der Waals surface area contributed by atoms with Crippen LogP contribution in [0.5, 0.6) is 5.75 Å². The molecule has 2 heteroatoms. The maximum atomic E-state index is 8.62. The van der Waals surface area contributed by atoms with Crippen molar-refractivity contribution in [1.29, 1.82) is 0 Å². The minimum atomic E-state index is 0.0560. The Morgan fingerprint density at radius 2 is 2.15 bits per heavy atom. The van der Waals surface area contributed by atoms with Crippen LogP contribution in [0, 0.1) is 0 Å². The van der Waals surface area contributed by atoms with Crippen molar-refractivity contribution in [2.24, 2.45) is 0 Å². The van der Waals surface area contributed by atoms with Crippen LogP contribution in [0.15, 0.2) is 30.3 Å². The lowest BCUT2D eigenvalue weighted by Crippen LogP contribution is -1.93. The Balaban J connectivity index is 2.84. The summed E-state index contributed by atoms with van der Waals surface area (Å²) in [5.41, 5.74) is 0.999. The maximum Gasteiger partial charge on any atom is 0.126 e. The molecule has 1 rings (SSSR count). The molecule has 70 valence electrons. The van der Waals surface area contributed by atoms with Gasteiger partial charge in [-0.25, -0.2) is 0 Å². The van der Waals surface area contributed by atoms with E-state index in [1.165, 1.54) is 0 Å². The van der Waals surface area contributed by atoms with Gasteiger partial charge in [-0.1, -0.05) is 30.4 Å². The van der Waals surface area contributed by atoms with Gasteiger partial charge in [0.25, 0.3) is 0 Å². The second-order valence-corrected chi connectivity index (χ2v) is 2.56. The first-order valence-corrected chi connectivity index (χ1v) is 4.37. The van der Waals surface area contributed by atoms with Crippen molar-refractivity contribution in [3.8, 4) is 5.75 Å². The molecule has 1 aromatic carbocycles. The third kappa shape index (κ3) is 2.92. The van der Waals surface area contributed by atoms with E-state index >= 15 is 0 Å². The first kappa shape index (κ1) is 9.81. The quantitative estimate of drug-likeness (QED) is 0.765. The molecule has 0 aliphatic rings. The van der Waals surface area contributed by atoms with Crippen molar-refractivity contribution in [1.82, 2.24) is 0 Å². The maximum absolute atomic E-state index is 8.62. The highest BCUT2D eigenvalue weighted by molar-refractivity contribution is 5.57. The molecular formula is C11H14O2. The van der Waals surface area contributed by atoms with Crippen LogP contribution in [-0.2, 0) is 0 Å².